The molecule has 0 aliphatic heterocycles. The van der Waals surface area contributed by atoms with Crippen LogP contribution in [0, 0.1) is 3.57 Å². The molecule has 0 radical (unpaired) electrons. The summed E-state index contributed by atoms with van der Waals surface area (Å²) >= 11 is 2.31. The molecule has 1 aromatic rings. The van der Waals surface area contributed by atoms with Crippen LogP contribution in [0.15, 0.2) is 18.2 Å². The van der Waals surface area contributed by atoms with Gasteiger partial charge in [0.25, 0.3) is 0 Å². The van der Waals surface area contributed by atoms with E-state index in [1.165, 1.54) is 9.13 Å². The summed E-state index contributed by atoms with van der Waals surface area (Å²) in [7, 11) is 0. The molecule has 0 unspecified atom stereocenters. The Morgan fingerprint density at radius 3 is 2.38 bits per heavy atom. The van der Waals surface area contributed by atoms with Crippen molar-refractivity contribution < 1.29 is 0 Å². The number of rotatable bonds is 1. The lowest BCUT2D eigenvalue weighted by molar-refractivity contribution is 0.591. The van der Waals surface area contributed by atoms with Gasteiger partial charge in [0.15, 0.2) is 0 Å². The number of nitrogens with two attached hydrogens (primary N) is 1. The van der Waals surface area contributed by atoms with E-state index in [2.05, 4.69) is 54.9 Å². The van der Waals surface area contributed by atoms with Crippen LogP contribution in [-0.2, 0) is 5.41 Å². The first-order valence-electron chi connectivity index (χ1n) is 4.22. The Morgan fingerprint density at radius 2 is 1.92 bits per heavy atom. The van der Waals surface area contributed by atoms with E-state index in [0.717, 1.165) is 5.69 Å². The smallest absolute Gasteiger partial charge is 0.0523 e. The fourth-order valence-electron chi connectivity index (χ4n) is 1.26. The predicted octanol–water partition coefficient (Wildman–Crippen LogP) is 2.87. The highest BCUT2D eigenvalue weighted by Crippen LogP contribution is 2.30. The molecule has 0 aliphatic rings. The third-order valence-corrected chi connectivity index (χ3v) is 2.62. The topological polar surface area (TPSA) is 38.0 Å². The number of nitrogens with one attached hydrogen (secondary N) is 1. The molecule has 3 N–H and O–H groups in total. The van der Waals surface area contributed by atoms with E-state index in [-0.39, 0.29) is 5.41 Å². The zero-order chi connectivity index (χ0) is 10.1. The van der Waals surface area contributed by atoms with Crippen molar-refractivity contribution in [3.05, 3.63) is 27.3 Å². The number of nitrogen functional groups attached to an aromatic ring is 1. The Bertz CT molecular complexity index is 302. The lowest BCUT2D eigenvalue weighted by Gasteiger charge is -2.22. The maximum absolute atomic E-state index is 5.44. The van der Waals surface area contributed by atoms with Crippen molar-refractivity contribution in [1.29, 1.82) is 0 Å². The molecule has 0 bridgehead atoms. The second-order valence-electron chi connectivity index (χ2n) is 4.08. The molecule has 0 aliphatic carbocycles. The molecule has 0 atom stereocenters. The number of anilines is 1. The summed E-state index contributed by atoms with van der Waals surface area (Å²) in [4.78, 5) is 0. The first kappa shape index (κ1) is 10.8. The summed E-state index contributed by atoms with van der Waals surface area (Å²) in [6.07, 6.45) is 0. The maximum atomic E-state index is 5.44. The normalized spacial score (nSPS) is 11.5. The van der Waals surface area contributed by atoms with Crippen LogP contribution in [0.4, 0.5) is 5.69 Å². The highest BCUT2D eigenvalue weighted by Gasteiger charge is 2.17. The Labute approximate surface area is 93.0 Å². The number of benzene rings is 1. The van der Waals surface area contributed by atoms with Gasteiger partial charge in [-0.25, -0.2) is 0 Å². The molecular weight excluding hydrogens is 275 g/mol. The van der Waals surface area contributed by atoms with Crippen LogP contribution in [0.5, 0.6) is 0 Å². The molecule has 0 spiro atoms. The molecule has 13 heavy (non-hydrogen) atoms. The van der Waals surface area contributed by atoms with Crippen molar-refractivity contribution in [2.24, 2.45) is 5.84 Å². The van der Waals surface area contributed by atoms with Crippen molar-refractivity contribution in [1.82, 2.24) is 0 Å². The van der Waals surface area contributed by atoms with Crippen molar-refractivity contribution in [3.8, 4) is 0 Å². The van der Waals surface area contributed by atoms with Crippen LogP contribution < -0.4 is 11.3 Å². The molecule has 1 rings (SSSR count). The standard InChI is InChI=1S/C10H15IN2/c1-10(2,3)8-6-7(11)4-5-9(8)13-12/h4-6,13H,12H2,1-3H3. The van der Waals surface area contributed by atoms with Crippen LogP contribution in [0.3, 0.4) is 0 Å². The molecule has 0 heterocycles. The van der Waals surface area contributed by atoms with Crippen LogP contribution in [0.25, 0.3) is 0 Å². The average molecular weight is 290 g/mol. The van der Waals surface area contributed by atoms with Crippen LogP contribution in [0.1, 0.15) is 26.3 Å². The van der Waals surface area contributed by atoms with E-state index >= 15 is 0 Å². The third kappa shape index (κ3) is 2.57. The van der Waals surface area contributed by atoms with E-state index in [0.29, 0.717) is 0 Å². The van der Waals surface area contributed by atoms with Crippen LogP contribution in [-0.4, -0.2) is 0 Å². The number of hydrogen-bond donors (Lipinski definition) is 2. The molecule has 72 valence electrons. The van der Waals surface area contributed by atoms with Gasteiger partial charge in [-0.05, 0) is 51.8 Å². The van der Waals surface area contributed by atoms with E-state index in [1.807, 2.05) is 12.1 Å². The highest BCUT2D eigenvalue weighted by molar-refractivity contribution is 14.1. The number of halogens is 1. The SMILES string of the molecule is CC(C)(C)c1cc(I)ccc1NN. The fourth-order valence-corrected chi connectivity index (χ4v) is 1.75. The summed E-state index contributed by atoms with van der Waals surface area (Å²) < 4.78 is 1.24. The second kappa shape index (κ2) is 3.84. The second-order valence-corrected chi connectivity index (χ2v) is 5.33. The number of hydrazine groups is 1. The van der Waals surface area contributed by atoms with Gasteiger partial charge in [-0.15, -0.1) is 0 Å². The molecular formula is C10H15IN2. The van der Waals surface area contributed by atoms with Crippen molar-refractivity contribution >= 4 is 28.3 Å². The number of hydrogen-bond acceptors (Lipinski definition) is 2. The van der Waals surface area contributed by atoms with Gasteiger partial charge in [-0.2, -0.15) is 0 Å². The minimum atomic E-state index is 0.128. The summed E-state index contributed by atoms with van der Waals surface area (Å²) in [5.41, 5.74) is 5.11. The Hall–Kier alpha value is -0.290. The fraction of sp³-hybridized carbons (Fsp3) is 0.400. The zero-order valence-corrected chi connectivity index (χ0v) is 10.3. The first-order chi connectivity index (χ1) is 5.95. The highest BCUT2D eigenvalue weighted by atomic mass is 127. The Balaban J connectivity index is 3.24. The van der Waals surface area contributed by atoms with Gasteiger partial charge in [0.2, 0.25) is 0 Å². The third-order valence-electron chi connectivity index (χ3n) is 1.95. The average Bonchev–Trinajstić information content (AvgIpc) is 2.03. The molecule has 1 aromatic carbocycles. The summed E-state index contributed by atoms with van der Waals surface area (Å²) in [5.74, 6) is 5.44. The molecule has 3 heteroatoms. The van der Waals surface area contributed by atoms with Crippen LogP contribution >= 0.6 is 22.6 Å². The first-order valence-corrected chi connectivity index (χ1v) is 5.29. The van der Waals surface area contributed by atoms with Gasteiger partial charge >= 0.3 is 0 Å². The zero-order valence-electron chi connectivity index (χ0n) is 8.19. The predicted molar refractivity (Wildman–Crippen MR) is 65.7 cm³/mol. The lowest BCUT2D eigenvalue weighted by atomic mass is 9.86. The van der Waals surface area contributed by atoms with Gasteiger partial charge in [0.05, 0.1) is 5.69 Å². The minimum absolute atomic E-state index is 0.128. The molecule has 2 nitrogen and oxygen atoms in total. The summed E-state index contributed by atoms with van der Waals surface area (Å²) in [6.45, 7) is 6.54. The molecule has 0 amide bonds. The molecule has 0 fully saturated rings. The summed E-state index contributed by atoms with van der Waals surface area (Å²) in [6, 6.07) is 6.23. The quantitative estimate of drug-likeness (QED) is 0.474. The monoisotopic (exact) mass is 290 g/mol. The van der Waals surface area contributed by atoms with Crippen molar-refractivity contribution in [2.45, 2.75) is 26.2 Å². The Morgan fingerprint density at radius 1 is 1.31 bits per heavy atom. The molecule has 0 saturated carbocycles. The molecule has 0 saturated heterocycles. The van der Waals surface area contributed by atoms with Gasteiger partial charge in [0.1, 0.15) is 0 Å². The van der Waals surface area contributed by atoms with E-state index in [4.69, 9.17) is 5.84 Å². The van der Waals surface area contributed by atoms with Gasteiger partial charge in [-0.3, -0.25) is 5.84 Å². The Kier molecular flexibility index (Phi) is 3.18. The van der Waals surface area contributed by atoms with Crippen molar-refractivity contribution in [3.63, 3.8) is 0 Å². The van der Waals surface area contributed by atoms with E-state index in [9.17, 15) is 0 Å². The van der Waals surface area contributed by atoms with E-state index in [1.54, 1.807) is 0 Å². The minimum Gasteiger partial charge on any atom is -0.324 e. The lowest BCUT2D eigenvalue weighted by Crippen LogP contribution is -2.17. The van der Waals surface area contributed by atoms with Gasteiger partial charge in [0, 0.05) is 3.57 Å². The van der Waals surface area contributed by atoms with E-state index < -0.39 is 0 Å². The van der Waals surface area contributed by atoms with Gasteiger partial charge < -0.3 is 5.43 Å². The van der Waals surface area contributed by atoms with Gasteiger partial charge in [-0.1, -0.05) is 20.8 Å². The van der Waals surface area contributed by atoms with Crippen LogP contribution in [0.2, 0.25) is 0 Å². The van der Waals surface area contributed by atoms with Crippen molar-refractivity contribution in [2.75, 3.05) is 5.43 Å². The maximum Gasteiger partial charge on any atom is 0.0523 e. The molecule has 0 aromatic heterocycles. The summed E-state index contributed by atoms with van der Waals surface area (Å²) in [5, 5.41) is 0. The largest absolute Gasteiger partial charge is 0.324 e.